The minimum absolute atomic E-state index is 0.132. The van der Waals surface area contributed by atoms with Gasteiger partial charge in [0.15, 0.2) is 0 Å². The van der Waals surface area contributed by atoms with E-state index in [4.69, 9.17) is 32.7 Å². The second kappa shape index (κ2) is 14.7. The Labute approximate surface area is 315 Å². The molecule has 10 heteroatoms. The molecule has 2 saturated heterocycles. The monoisotopic (exact) mass is 738 g/mol. The Kier molecular flexibility index (Phi) is 9.92. The lowest BCUT2D eigenvalue weighted by Crippen LogP contribution is -2.36. The van der Waals surface area contributed by atoms with Gasteiger partial charge in [-0.1, -0.05) is 71.7 Å². The summed E-state index contributed by atoms with van der Waals surface area (Å²) >= 11 is 14.6. The van der Waals surface area contributed by atoms with E-state index in [0.29, 0.717) is 22.9 Å². The average Bonchev–Trinajstić information content (AvgIpc) is 3.96. The first-order chi connectivity index (χ1) is 25.3. The molecule has 2 amide bonds. The molecule has 3 unspecified atom stereocenters. The Balaban J connectivity index is 1.07. The molecule has 2 aliphatic heterocycles. The highest BCUT2D eigenvalue weighted by molar-refractivity contribution is 6.39. The highest BCUT2D eigenvalue weighted by Gasteiger charge is 2.31. The van der Waals surface area contributed by atoms with Crippen molar-refractivity contribution < 1.29 is 19.1 Å². The molecule has 4 atom stereocenters. The second-order valence-corrected chi connectivity index (χ2v) is 15.2. The Morgan fingerprint density at radius 2 is 1.04 bits per heavy atom. The van der Waals surface area contributed by atoms with E-state index in [9.17, 15) is 9.59 Å². The molecule has 0 aromatic heterocycles. The summed E-state index contributed by atoms with van der Waals surface area (Å²) in [5.41, 5.74) is 10.4. The number of nitrogens with one attached hydrogen (secondary N) is 4. The van der Waals surface area contributed by atoms with Gasteiger partial charge in [-0.05, 0) is 72.9 Å². The molecule has 0 saturated carbocycles. The second-order valence-electron chi connectivity index (χ2n) is 14.4. The van der Waals surface area contributed by atoms with E-state index in [1.54, 1.807) is 14.2 Å². The molecule has 2 aliphatic carbocycles. The first kappa shape index (κ1) is 35.0. The minimum Gasteiger partial charge on any atom is -0.496 e. The molecule has 0 radical (unpaired) electrons. The summed E-state index contributed by atoms with van der Waals surface area (Å²) in [5.74, 6) is 1.94. The Hall–Kier alpha value is -4.08. The van der Waals surface area contributed by atoms with Gasteiger partial charge in [0.25, 0.3) is 0 Å². The van der Waals surface area contributed by atoms with E-state index in [1.807, 2.05) is 24.3 Å². The molecule has 4 aromatic rings. The van der Waals surface area contributed by atoms with Crippen LogP contribution in [0.2, 0.25) is 10.0 Å². The number of carbonyl (C=O) groups excluding carboxylic acids is 2. The van der Waals surface area contributed by atoms with Gasteiger partial charge in [-0.15, -0.1) is 0 Å². The number of hydrogen-bond acceptors (Lipinski definition) is 6. The number of fused-ring (bicyclic) bond motifs is 2. The zero-order chi connectivity index (χ0) is 35.9. The maximum absolute atomic E-state index is 11.7. The first-order valence-corrected chi connectivity index (χ1v) is 19.1. The summed E-state index contributed by atoms with van der Waals surface area (Å²) in [6.07, 6.45) is 6.73. The lowest BCUT2D eigenvalue weighted by molar-refractivity contribution is -0.120. The molecule has 8 nitrogen and oxygen atoms in total. The van der Waals surface area contributed by atoms with Crippen LogP contribution in [-0.2, 0) is 22.4 Å². The van der Waals surface area contributed by atoms with Crippen LogP contribution < -0.4 is 30.7 Å². The number of carbonyl (C=O) groups is 2. The number of ether oxygens (including phenoxy) is 2. The fraction of sp³-hybridized carbons (Fsp3) is 0.381. The van der Waals surface area contributed by atoms with Crippen LogP contribution in [0.25, 0.3) is 33.4 Å². The number of rotatable bonds is 11. The fourth-order valence-electron chi connectivity index (χ4n) is 8.67. The summed E-state index contributed by atoms with van der Waals surface area (Å²) in [7, 11) is 3.44. The number of amides is 2. The third-order valence-corrected chi connectivity index (χ3v) is 12.1. The van der Waals surface area contributed by atoms with Crippen LogP contribution in [0.15, 0.2) is 60.7 Å². The van der Waals surface area contributed by atoms with Crippen molar-refractivity contribution in [3.8, 4) is 44.9 Å². The van der Waals surface area contributed by atoms with E-state index in [1.165, 1.54) is 22.3 Å². The van der Waals surface area contributed by atoms with Crippen LogP contribution in [0.3, 0.4) is 0 Å². The highest BCUT2D eigenvalue weighted by Crippen LogP contribution is 2.47. The predicted molar refractivity (Wildman–Crippen MR) is 206 cm³/mol. The maximum Gasteiger partial charge on any atom is 0.220 e. The first-order valence-electron chi connectivity index (χ1n) is 18.4. The number of hydrogen-bond donors (Lipinski definition) is 4. The maximum atomic E-state index is 11.7. The van der Waals surface area contributed by atoms with E-state index in [2.05, 4.69) is 57.7 Å². The van der Waals surface area contributed by atoms with Gasteiger partial charge in [0, 0.05) is 83.5 Å². The van der Waals surface area contributed by atoms with Gasteiger partial charge in [0.2, 0.25) is 11.8 Å². The van der Waals surface area contributed by atoms with Crippen molar-refractivity contribution in [2.75, 3.05) is 27.3 Å². The fourth-order valence-corrected chi connectivity index (χ4v) is 9.35. The molecule has 4 aromatic carbocycles. The third-order valence-electron chi connectivity index (χ3n) is 11.3. The van der Waals surface area contributed by atoms with Crippen molar-refractivity contribution >= 4 is 35.0 Å². The van der Waals surface area contributed by atoms with Gasteiger partial charge in [-0.3, -0.25) is 9.59 Å². The van der Waals surface area contributed by atoms with Crippen molar-refractivity contribution in [3.63, 3.8) is 0 Å². The quantitative estimate of drug-likeness (QED) is 0.126. The van der Waals surface area contributed by atoms with Crippen LogP contribution in [0.4, 0.5) is 0 Å². The van der Waals surface area contributed by atoms with Gasteiger partial charge in [-0.2, -0.15) is 0 Å². The Morgan fingerprint density at radius 3 is 1.42 bits per heavy atom. The summed E-state index contributed by atoms with van der Waals surface area (Å²) in [5, 5.41) is 14.7. The summed E-state index contributed by atoms with van der Waals surface area (Å²) < 4.78 is 11.9. The number of aryl methyl sites for hydroxylation is 2. The molecule has 4 N–H and O–H groups in total. The lowest BCUT2D eigenvalue weighted by atomic mass is 9.93. The van der Waals surface area contributed by atoms with Gasteiger partial charge < -0.3 is 30.7 Å². The molecule has 8 rings (SSSR count). The minimum atomic E-state index is 0.132. The van der Waals surface area contributed by atoms with Crippen molar-refractivity contribution in [1.29, 1.82) is 0 Å². The van der Waals surface area contributed by atoms with Gasteiger partial charge in [0.1, 0.15) is 11.5 Å². The molecule has 2 fully saturated rings. The van der Waals surface area contributed by atoms with Gasteiger partial charge in [-0.25, -0.2) is 0 Å². The molecular weight excluding hydrogens is 695 g/mol. The zero-order valence-corrected chi connectivity index (χ0v) is 31.1. The molecular formula is C42H44Cl2N4O4. The number of halogens is 2. The van der Waals surface area contributed by atoms with Gasteiger partial charge in [0.05, 0.1) is 24.3 Å². The average molecular weight is 740 g/mol. The molecule has 2 heterocycles. The predicted octanol–water partition coefficient (Wildman–Crippen LogP) is 7.72. The standard InChI is InChI=1S/C42H44Cl2N4O4/c1-51-35-19-25(17-23-9-13-33(39(23)35)45-21-27-11-15-37(49)47-27)29-5-3-7-31(41(29)43)32-8-4-6-30(42(32)44)26-18-24-10-14-34(40(24)36(20-26)52-2)46-22-28-12-16-38(50)48-28/h3-8,17-20,27-28,33-34,45-46H,9-16,21-22H2,1-2H3,(H,47,49)(H,48,50)/t27-,28?,33?,34?/m1/s1. The van der Waals surface area contributed by atoms with E-state index >= 15 is 0 Å². The van der Waals surface area contributed by atoms with Crippen LogP contribution >= 0.6 is 23.2 Å². The van der Waals surface area contributed by atoms with Crippen molar-refractivity contribution in [3.05, 3.63) is 93.0 Å². The zero-order valence-electron chi connectivity index (χ0n) is 29.5. The molecule has 52 heavy (non-hydrogen) atoms. The molecule has 270 valence electrons. The van der Waals surface area contributed by atoms with E-state index < -0.39 is 0 Å². The van der Waals surface area contributed by atoms with E-state index in [-0.39, 0.29) is 36.0 Å². The Bertz CT molecular complexity index is 1910. The molecule has 0 bridgehead atoms. The SMILES string of the molecule is COc1cc(-c2cccc(-c3cccc(-c4cc5c(c(OC)c4)C(NC[C@H]4CCC(=O)N4)CC5)c3Cl)c2Cl)cc2c1C(NCC1CCC(=O)N1)CC2. The molecule has 0 spiro atoms. The smallest absolute Gasteiger partial charge is 0.220 e. The Morgan fingerprint density at radius 1 is 0.615 bits per heavy atom. The summed E-state index contributed by atoms with van der Waals surface area (Å²) in [6, 6.07) is 21.5. The van der Waals surface area contributed by atoms with Crippen LogP contribution in [0.1, 0.15) is 72.9 Å². The van der Waals surface area contributed by atoms with E-state index in [0.717, 1.165) is 96.5 Å². The normalized spacial score (nSPS) is 21.9. The van der Waals surface area contributed by atoms with Crippen molar-refractivity contribution in [1.82, 2.24) is 21.3 Å². The third kappa shape index (κ3) is 6.66. The summed E-state index contributed by atoms with van der Waals surface area (Å²) in [4.78, 5) is 23.4. The van der Waals surface area contributed by atoms with Crippen LogP contribution in [0.5, 0.6) is 11.5 Å². The number of benzene rings is 4. The highest BCUT2D eigenvalue weighted by atomic mass is 35.5. The largest absolute Gasteiger partial charge is 0.496 e. The van der Waals surface area contributed by atoms with Crippen LogP contribution in [0, 0.1) is 0 Å². The topological polar surface area (TPSA) is 101 Å². The van der Waals surface area contributed by atoms with Crippen molar-refractivity contribution in [2.45, 2.75) is 75.5 Å². The summed E-state index contributed by atoms with van der Waals surface area (Å²) in [6.45, 7) is 1.49. The van der Waals surface area contributed by atoms with Crippen molar-refractivity contribution in [2.24, 2.45) is 0 Å². The van der Waals surface area contributed by atoms with Crippen LogP contribution in [-0.4, -0.2) is 51.2 Å². The number of methoxy groups -OCH3 is 2. The lowest BCUT2D eigenvalue weighted by Gasteiger charge is -2.21. The van der Waals surface area contributed by atoms with Gasteiger partial charge >= 0.3 is 0 Å². The molecule has 4 aliphatic rings.